The van der Waals surface area contributed by atoms with Crippen LogP contribution in [0.15, 0.2) is 36.4 Å². The predicted octanol–water partition coefficient (Wildman–Crippen LogP) is 2.64. The summed E-state index contributed by atoms with van der Waals surface area (Å²) >= 11 is 11.9. The van der Waals surface area contributed by atoms with Gasteiger partial charge in [-0.25, -0.2) is 4.79 Å². The molecule has 1 atom stereocenters. The number of aliphatic carboxylic acids is 1. The lowest BCUT2D eigenvalue weighted by Gasteiger charge is -2.21. The smallest absolute Gasteiger partial charge is 0.366 e. The van der Waals surface area contributed by atoms with Gasteiger partial charge in [-0.15, -0.1) is 0 Å². The number of benzene rings is 2. The molecule has 0 aromatic heterocycles. The Morgan fingerprint density at radius 3 is 2.36 bits per heavy atom. The number of hydrogen-bond acceptors (Lipinski definition) is 7. The fourth-order valence-corrected chi connectivity index (χ4v) is 2.58. The van der Waals surface area contributed by atoms with E-state index in [2.05, 4.69) is 5.32 Å². The van der Waals surface area contributed by atoms with E-state index >= 15 is 0 Å². The van der Waals surface area contributed by atoms with E-state index in [-0.39, 0.29) is 42.9 Å². The minimum atomic E-state index is -1.49. The zero-order valence-electron chi connectivity index (χ0n) is 14.6. The van der Waals surface area contributed by atoms with E-state index < -0.39 is 12.2 Å². The van der Waals surface area contributed by atoms with Crippen molar-refractivity contribution in [1.29, 1.82) is 0 Å². The Balaban J connectivity index is 2.23. The summed E-state index contributed by atoms with van der Waals surface area (Å²) in [6, 6.07) is 9.00. The first-order valence-electron chi connectivity index (χ1n) is 8.17. The molecule has 0 fully saturated rings. The van der Waals surface area contributed by atoms with E-state index in [9.17, 15) is 9.90 Å². The number of anilines is 1. The monoisotopic (exact) mass is 431 g/mol. The maximum absolute atomic E-state index is 11.6. The number of carboxylic acid groups (broad SMARTS) is 1. The third-order valence-corrected chi connectivity index (χ3v) is 3.84. The molecule has 28 heavy (non-hydrogen) atoms. The summed E-state index contributed by atoms with van der Waals surface area (Å²) in [6.07, 6.45) is -1.49. The van der Waals surface area contributed by atoms with Gasteiger partial charge in [0.25, 0.3) is 6.23 Å². The van der Waals surface area contributed by atoms with Crippen LogP contribution in [0, 0.1) is 0 Å². The van der Waals surface area contributed by atoms with Crippen LogP contribution in [-0.2, 0) is 4.79 Å². The Morgan fingerprint density at radius 2 is 1.71 bits per heavy atom. The molecule has 2 aromatic carbocycles. The summed E-state index contributed by atoms with van der Waals surface area (Å²) in [6.45, 7) is -0.327. The fourth-order valence-electron chi connectivity index (χ4n) is 2.13. The zero-order valence-corrected chi connectivity index (χ0v) is 16.1. The minimum Gasteiger partial charge on any atom is -0.491 e. The molecule has 0 radical (unpaired) electrons. The molecule has 10 heteroatoms. The molecule has 8 nitrogen and oxygen atoms in total. The van der Waals surface area contributed by atoms with Crippen LogP contribution in [0.3, 0.4) is 0 Å². The number of carboxylic acids is 1. The summed E-state index contributed by atoms with van der Waals surface area (Å²) in [4.78, 5) is 11.6. The highest BCUT2D eigenvalue weighted by Gasteiger charge is 2.22. The molecule has 0 saturated carbocycles. The standard InChI is InChI=1S/C18H19Cl2NO7/c19-11-1-4-15(13(20)9-11)28-17(18(24)25)21-14-3-2-12(26-7-5-22)10-16(14)27-8-6-23/h1-4,9-10,17,21-23H,5-8H2,(H,24,25). The molecule has 0 aliphatic carbocycles. The van der Waals surface area contributed by atoms with Crippen LogP contribution in [0.2, 0.25) is 10.0 Å². The van der Waals surface area contributed by atoms with Crippen molar-refractivity contribution in [3.63, 3.8) is 0 Å². The normalized spacial score (nSPS) is 11.6. The van der Waals surface area contributed by atoms with Crippen molar-refractivity contribution in [2.75, 3.05) is 31.7 Å². The number of rotatable bonds is 11. The summed E-state index contributed by atoms with van der Waals surface area (Å²) in [5.74, 6) is -0.519. The van der Waals surface area contributed by atoms with Gasteiger partial charge in [-0.3, -0.25) is 0 Å². The number of aliphatic hydroxyl groups excluding tert-OH is 2. The maximum Gasteiger partial charge on any atom is 0.366 e. The lowest BCUT2D eigenvalue weighted by atomic mass is 10.2. The SMILES string of the molecule is O=C(O)C(Nc1ccc(OCCO)cc1OCCO)Oc1ccc(Cl)cc1Cl. The maximum atomic E-state index is 11.6. The molecule has 0 aliphatic heterocycles. The van der Waals surface area contributed by atoms with Gasteiger partial charge in [0.2, 0.25) is 0 Å². The van der Waals surface area contributed by atoms with E-state index in [0.29, 0.717) is 16.5 Å². The highest BCUT2D eigenvalue weighted by molar-refractivity contribution is 6.35. The van der Waals surface area contributed by atoms with E-state index in [1.807, 2.05) is 0 Å². The van der Waals surface area contributed by atoms with Crippen molar-refractivity contribution in [3.8, 4) is 17.2 Å². The summed E-state index contributed by atoms with van der Waals surface area (Å²) in [5.41, 5.74) is 0.294. The molecular formula is C18H19Cl2NO7. The average molecular weight is 432 g/mol. The van der Waals surface area contributed by atoms with Crippen molar-refractivity contribution in [3.05, 3.63) is 46.4 Å². The van der Waals surface area contributed by atoms with Gasteiger partial charge in [0.05, 0.1) is 23.9 Å². The van der Waals surface area contributed by atoms with Crippen LogP contribution in [0.4, 0.5) is 5.69 Å². The third-order valence-electron chi connectivity index (χ3n) is 3.31. The number of halogens is 2. The first-order chi connectivity index (χ1) is 13.4. The molecule has 152 valence electrons. The van der Waals surface area contributed by atoms with Crippen LogP contribution in [0.5, 0.6) is 17.2 Å². The molecule has 0 bridgehead atoms. The second-order valence-corrected chi connectivity index (χ2v) is 6.20. The van der Waals surface area contributed by atoms with Gasteiger partial charge in [0.15, 0.2) is 0 Å². The first-order valence-corrected chi connectivity index (χ1v) is 8.92. The Kier molecular flexibility index (Phi) is 8.46. The Labute approximate surface area is 171 Å². The van der Waals surface area contributed by atoms with Gasteiger partial charge < -0.3 is 34.8 Å². The Hall–Kier alpha value is -2.39. The number of carbonyl (C=O) groups is 1. The summed E-state index contributed by atoms with van der Waals surface area (Å²) in [7, 11) is 0. The second kappa shape index (κ2) is 10.8. The van der Waals surface area contributed by atoms with E-state index in [0.717, 1.165) is 0 Å². The van der Waals surface area contributed by atoms with Crippen molar-refractivity contribution in [2.45, 2.75) is 6.23 Å². The summed E-state index contributed by atoms with van der Waals surface area (Å²) < 4.78 is 16.2. The molecule has 0 aliphatic rings. The molecule has 0 saturated heterocycles. The van der Waals surface area contributed by atoms with Crippen molar-refractivity contribution in [2.24, 2.45) is 0 Å². The molecule has 0 spiro atoms. The van der Waals surface area contributed by atoms with Crippen molar-refractivity contribution < 1.29 is 34.3 Å². The second-order valence-electron chi connectivity index (χ2n) is 5.36. The minimum absolute atomic E-state index is 0.0141. The van der Waals surface area contributed by atoms with Gasteiger partial charge >= 0.3 is 5.97 Å². The van der Waals surface area contributed by atoms with Crippen LogP contribution in [0.25, 0.3) is 0 Å². The lowest BCUT2D eigenvalue weighted by Crippen LogP contribution is -2.35. The zero-order chi connectivity index (χ0) is 20.5. The van der Waals surface area contributed by atoms with Gasteiger partial charge in [0.1, 0.15) is 30.5 Å². The van der Waals surface area contributed by atoms with Crippen LogP contribution in [0.1, 0.15) is 0 Å². The van der Waals surface area contributed by atoms with Gasteiger partial charge in [-0.05, 0) is 30.3 Å². The predicted molar refractivity (Wildman–Crippen MR) is 104 cm³/mol. The highest BCUT2D eigenvalue weighted by atomic mass is 35.5. The third kappa shape index (κ3) is 6.35. The van der Waals surface area contributed by atoms with Gasteiger partial charge in [-0.1, -0.05) is 23.2 Å². The van der Waals surface area contributed by atoms with Gasteiger partial charge in [-0.2, -0.15) is 0 Å². The molecule has 0 heterocycles. The topological polar surface area (TPSA) is 117 Å². The van der Waals surface area contributed by atoms with Crippen LogP contribution < -0.4 is 19.5 Å². The van der Waals surface area contributed by atoms with Gasteiger partial charge in [0, 0.05) is 11.1 Å². The molecule has 1 unspecified atom stereocenters. The Morgan fingerprint density at radius 1 is 1.00 bits per heavy atom. The number of hydrogen-bond donors (Lipinski definition) is 4. The largest absolute Gasteiger partial charge is 0.491 e. The fraction of sp³-hybridized carbons (Fsp3) is 0.278. The Bertz CT molecular complexity index is 803. The number of ether oxygens (including phenoxy) is 3. The highest BCUT2D eigenvalue weighted by Crippen LogP contribution is 2.32. The quantitative estimate of drug-likeness (QED) is 0.401. The lowest BCUT2D eigenvalue weighted by molar-refractivity contribution is -0.143. The van der Waals surface area contributed by atoms with E-state index in [1.54, 1.807) is 6.07 Å². The van der Waals surface area contributed by atoms with Crippen molar-refractivity contribution in [1.82, 2.24) is 0 Å². The van der Waals surface area contributed by atoms with Crippen molar-refractivity contribution >= 4 is 34.9 Å². The molecule has 2 rings (SSSR count). The molecule has 4 N–H and O–H groups in total. The molecule has 2 aromatic rings. The molecule has 0 amide bonds. The number of aliphatic hydroxyl groups is 2. The molecular weight excluding hydrogens is 413 g/mol. The van der Waals surface area contributed by atoms with E-state index in [4.69, 9.17) is 47.6 Å². The average Bonchev–Trinajstić information content (AvgIpc) is 2.66. The summed E-state index contributed by atoms with van der Waals surface area (Å²) in [5, 5.41) is 30.6. The van der Waals surface area contributed by atoms with Crippen LogP contribution >= 0.6 is 23.2 Å². The van der Waals surface area contributed by atoms with E-state index in [1.165, 1.54) is 30.3 Å². The van der Waals surface area contributed by atoms with Crippen LogP contribution in [-0.4, -0.2) is 53.9 Å². The number of nitrogens with one attached hydrogen (secondary N) is 1. The first kappa shape index (κ1) is 21.9.